The zero-order valence-electron chi connectivity index (χ0n) is 10.3. The molecule has 0 radical (unpaired) electrons. The van der Waals surface area contributed by atoms with E-state index >= 15 is 0 Å². The minimum atomic E-state index is -0.170. The van der Waals surface area contributed by atoms with Crippen LogP contribution in [-0.2, 0) is 9.53 Å². The van der Waals surface area contributed by atoms with Crippen molar-refractivity contribution in [1.82, 2.24) is 5.32 Å². The van der Waals surface area contributed by atoms with Crippen LogP contribution < -0.4 is 5.32 Å². The highest BCUT2D eigenvalue weighted by atomic mass is 32.2. The van der Waals surface area contributed by atoms with E-state index in [1.165, 1.54) is 0 Å². The fraction of sp³-hybridized carbons (Fsp3) is 0.462. The first-order valence-corrected chi connectivity index (χ1v) is 7.90. The van der Waals surface area contributed by atoms with Gasteiger partial charge in [-0.2, -0.15) is 11.8 Å². The Bertz CT molecular complexity index is 409. The molecule has 1 amide bonds. The summed E-state index contributed by atoms with van der Waals surface area (Å²) < 4.78 is 5.54. The van der Waals surface area contributed by atoms with Crippen LogP contribution in [0.15, 0.2) is 23.6 Å². The molecule has 5 heteroatoms. The van der Waals surface area contributed by atoms with Crippen LogP contribution in [0.2, 0.25) is 0 Å². The van der Waals surface area contributed by atoms with Crippen LogP contribution in [0.4, 0.5) is 0 Å². The molecule has 1 aliphatic rings. The van der Waals surface area contributed by atoms with Gasteiger partial charge in [0.1, 0.15) is 0 Å². The van der Waals surface area contributed by atoms with Gasteiger partial charge < -0.3 is 10.1 Å². The van der Waals surface area contributed by atoms with E-state index in [4.69, 9.17) is 4.74 Å². The first kappa shape index (κ1) is 13.6. The third-order valence-corrected chi connectivity index (χ3v) is 5.09. The summed E-state index contributed by atoms with van der Waals surface area (Å²) >= 11 is 3.49. The molecule has 0 aliphatic carbocycles. The Kier molecular flexibility index (Phi) is 4.86. The van der Waals surface area contributed by atoms with Crippen molar-refractivity contribution in [1.29, 1.82) is 0 Å². The highest BCUT2D eigenvalue weighted by molar-refractivity contribution is 7.99. The number of thioether (sulfide) groups is 1. The van der Waals surface area contributed by atoms with Gasteiger partial charge in [-0.25, -0.2) is 0 Å². The van der Waals surface area contributed by atoms with Gasteiger partial charge in [-0.05, 0) is 29.7 Å². The number of hydrogen-bond acceptors (Lipinski definition) is 4. The van der Waals surface area contributed by atoms with Crippen molar-refractivity contribution in [3.63, 3.8) is 0 Å². The van der Waals surface area contributed by atoms with Crippen molar-refractivity contribution in [3.8, 4) is 0 Å². The summed E-state index contributed by atoms with van der Waals surface area (Å²) in [6.07, 6.45) is 4.42. The van der Waals surface area contributed by atoms with Gasteiger partial charge >= 0.3 is 0 Å². The van der Waals surface area contributed by atoms with Crippen LogP contribution in [-0.4, -0.2) is 36.7 Å². The molecule has 0 spiro atoms. The first-order chi connectivity index (χ1) is 8.74. The number of rotatable bonds is 5. The summed E-state index contributed by atoms with van der Waals surface area (Å²) in [7, 11) is 1.72. The molecule has 0 bridgehead atoms. The predicted molar refractivity (Wildman–Crippen MR) is 78.0 cm³/mol. The molecule has 1 aromatic rings. The summed E-state index contributed by atoms with van der Waals surface area (Å²) in [6, 6.07) is 3.95. The Morgan fingerprint density at radius 3 is 3.17 bits per heavy atom. The van der Waals surface area contributed by atoms with Gasteiger partial charge in [-0.15, -0.1) is 11.3 Å². The second kappa shape index (κ2) is 6.41. The monoisotopic (exact) mass is 283 g/mol. The Labute approximate surface area is 116 Å². The molecule has 0 saturated carbocycles. The second-order valence-electron chi connectivity index (χ2n) is 4.26. The van der Waals surface area contributed by atoms with E-state index < -0.39 is 0 Å². The second-order valence-corrected chi connectivity index (χ2v) is 6.34. The van der Waals surface area contributed by atoms with E-state index in [0.29, 0.717) is 6.54 Å². The molecular formula is C13H17NO2S2. The first-order valence-electron chi connectivity index (χ1n) is 5.86. The summed E-state index contributed by atoms with van der Waals surface area (Å²) in [6.45, 7) is 0.587. The number of amides is 1. The topological polar surface area (TPSA) is 38.3 Å². The molecule has 1 fully saturated rings. The minimum Gasteiger partial charge on any atom is -0.376 e. The molecule has 18 heavy (non-hydrogen) atoms. The molecule has 1 N–H and O–H groups in total. The molecule has 1 unspecified atom stereocenters. The van der Waals surface area contributed by atoms with Crippen molar-refractivity contribution in [3.05, 3.63) is 28.5 Å². The summed E-state index contributed by atoms with van der Waals surface area (Å²) in [4.78, 5) is 12.8. The van der Waals surface area contributed by atoms with Crippen molar-refractivity contribution < 1.29 is 9.53 Å². The van der Waals surface area contributed by atoms with Gasteiger partial charge in [0.15, 0.2) is 0 Å². The normalized spacial score (nSPS) is 23.6. The van der Waals surface area contributed by atoms with Crippen LogP contribution >= 0.6 is 23.1 Å². The van der Waals surface area contributed by atoms with Crippen LogP contribution in [0, 0.1) is 0 Å². The van der Waals surface area contributed by atoms with Gasteiger partial charge in [-0.3, -0.25) is 4.79 Å². The zero-order valence-corrected chi connectivity index (χ0v) is 12.0. The zero-order chi connectivity index (χ0) is 12.8. The lowest BCUT2D eigenvalue weighted by molar-refractivity contribution is -0.117. The SMILES string of the molecule is COC1(CNC(=O)C=Cc2cccs2)CCSC1. The number of carbonyl (C=O) groups excluding carboxylic acids is 1. The lowest BCUT2D eigenvalue weighted by Crippen LogP contribution is -2.44. The fourth-order valence-electron chi connectivity index (χ4n) is 1.81. The standard InChI is InChI=1S/C13H17NO2S2/c1-16-13(6-8-17-10-13)9-14-12(15)5-4-11-3-2-7-18-11/h2-5,7H,6,8-10H2,1H3,(H,14,15). The lowest BCUT2D eigenvalue weighted by Gasteiger charge is -2.26. The number of hydrogen-bond donors (Lipinski definition) is 1. The smallest absolute Gasteiger partial charge is 0.244 e. The molecule has 1 aliphatic heterocycles. The van der Waals surface area contributed by atoms with Crippen LogP contribution in [0.1, 0.15) is 11.3 Å². The van der Waals surface area contributed by atoms with E-state index in [0.717, 1.165) is 22.8 Å². The molecule has 1 atom stereocenters. The largest absolute Gasteiger partial charge is 0.376 e. The van der Waals surface area contributed by atoms with Crippen molar-refractivity contribution in [2.75, 3.05) is 25.2 Å². The van der Waals surface area contributed by atoms with Gasteiger partial charge in [-0.1, -0.05) is 6.07 Å². The van der Waals surface area contributed by atoms with Crippen molar-refractivity contribution in [2.45, 2.75) is 12.0 Å². The van der Waals surface area contributed by atoms with E-state index in [1.54, 1.807) is 24.5 Å². The van der Waals surface area contributed by atoms with E-state index in [-0.39, 0.29) is 11.5 Å². The predicted octanol–water partition coefficient (Wildman–Crippen LogP) is 2.40. The Balaban J connectivity index is 1.81. The lowest BCUT2D eigenvalue weighted by atomic mass is 10.0. The van der Waals surface area contributed by atoms with E-state index in [2.05, 4.69) is 5.32 Å². The fourth-order valence-corrected chi connectivity index (χ4v) is 3.83. The maximum atomic E-state index is 11.7. The number of ether oxygens (including phenoxy) is 1. The van der Waals surface area contributed by atoms with Crippen molar-refractivity contribution >= 4 is 35.1 Å². The number of methoxy groups -OCH3 is 1. The number of nitrogens with one attached hydrogen (secondary N) is 1. The van der Waals surface area contributed by atoms with Crippen LogP contribution in [0.5, 0.6) is 0 Å². The van der Waals surface area contributed by atoms with E-state index in [9.17, 15) is 4.79 Å². The third-order valence-electron chi connectivity index (χ3n) is 3.03. The molecule has 98 valence electrons. The quantitative estimate of drug-likeness (QED) is 0.843. The number of carbonyl (C=O) groups is 1. The van der Waals surface area contributed by atoms with E-state index in [1.807, 2.05) is 35.4 Å². The molecule has 3 nitrogen and oxygen atoms in total. The highest BCUT2D eigenvalue weighted by Gasteiger charge is 2.34. The molecule has 2 heterocycles. The maximum Gasteiger partial charge on any atom is 0.244 e. The Morgan fingerprint density at radius 1 is 1.67 bits per heavy atom. The average Bonchev–Trinajstić information content (AvgIpc) is 3.06. The van der Waals surface area contributed by atoms with Gasteiger partial charge in [0, 0.05) is 30.4 Å². The summed E-state index contributed by atoms with van der Waals surface area (Å²) in [5, 5.41) is 4.91. The molecule has 1 saturated heterocycles. The summed E-state index contributed by atoms with van der Waals surface area (Å²) in [5.41, 5.74) is -0.170. The number of thiophene rings is 1. The molecule has 1 aromatic heterocycles. The Morgan fingerprint density at radius 2 is 2.56 bits per heavy atom. The average molecular weight is 283 g/mol. The minimum absolute atomic E-state index is 0.0586. The van der Waals surface area contributed by atoms with Gasteiger partial charge in [0.05, 0.1) is 5.60 Å². The summed E-state index contributed by atoms with van der Waals surface area (Å²) in [5.74, 6) is 2.00. The maximum absolute atomic E-state index is 11.7. The highest BCUT2D eigenvalue weighted by Crippen LogP contribution is 2.30. The van der Waals surface area contributed by atoms with Crippen molar-refractivity contribution in [2.24, 2.45) is 0 Å². The van der Waals surface area contributed by atoms with Gasteiger partial charge in [0.25, 0.3) is 0 Å². The molecule has 0 aromatic carbocycles. The van der Waals surface area contributed by atoms with Crippen LogP contribution in [0.25, 0.3) is 6.08 Å². The molecule has 2 rings (SSSR count). The van der Waals surface area contributed by atoms with Crippen LogP contribution in [0.3, 0.4) is 0 Å². The third kappa shape index (κ3) is 3.60. The molecular weight excluding hydrogens is 266 g/mol. The van der Waals surface area contributed by atoms with Gasteiger partial charge in [0.2, 0.25) is 5.91 Å². The Hall–Kier alpha value is -0.780.